The molecule has 1 amide bonds. The van der Waals surface area contributed by atoms with Crippen molar-refractivity contribution in [1.82, 2.24) is 4.90 Å². The number of ether oxygens (including phenoxy) is 1. The van der Waals surface area contributed by atoms with E-state index in [2.05, 4.69) is 15.9 Å². The fraction of sp³-hybridized carbons (Fsp3) is 0.304. The van der Waals surface area contributed by atoms with E-state index in [9.17, 15) is 9.59 Å². The first-order valence-corrected chi connectivity index (χ1v) is 11.0. The molecule has 0 N–H and O–H groups in total. The normalized spacial score (nSPS) is 16.0. The predicted octanol–water partition coefficient (Wildman–Crippen LogP) is 5.57. The molecule has 156 valence electrons. The molecule has 0 fully saturated rings. The van der Waals surface area contributed by atoms with Gasteiger partial charge in [0.1, 0.15) is 5.58 Å². The minimum atomic E-state index is -0.551. The second-order valence-corrected chi connectivity index (χ2v) is 8.90. The number of carbonyl (C=O) groups excluding carboxylic acids is 1. The molecule has 0 bridgehead atoms. The Morgan fingerprint density at radius 1 is 1.20 bits per heavy atom. The Labute approximate surface area is 187 Å². The number of hydrogen-bond donors (Lipinski definition) is 0. The Morgan fingerprint density at radius 2 is 2.00 bits per heavy atom. The van der Waals surface area contributed by atoms with Gasteiger partial charge in [-0.25, -0.2) is 0 Å². The molecule has 0 spiro atoms. The Hall–Kier alpha value is -2.15. The first-order chi connectivity index (χ1) is 14.4. The molecular weight excluding hydrogens is 470 g/mol. The van der Waals surface area contributed by atoms with E-state index in [1.165, 1.54) is 0 Å². The van der Waals surface area contributed by atoms with Crippen LogP contribution in [0.25, 0.3) is 11.0 Å². The van der Waals surface area contributed by atoms with Crippen LogP contribution in [-0.4, -0.2) is 30.1 Å². The summed E-state index contributed by atoms with van der Waals surface area (Å²) < 4.78 is 12.3. The average Bonchev–Trinajstić information content (AvgIpc) is 2.98. The first kappa shape index (κ1) is 21.1. The molecule has 3 aromatic rings. The summed E-state index contributed by atoms with van der Waals surface area (Å²) in [5.41, 5.74) is 1.33. The second-order valence-electron chi connectivity index (χ2n) is 7.54. The molecule has 0 aliphatic carbocycles. The van der Waals surface area contributed by atoms with Gasteiger partial charge < -0.3 is 14.1 Å². The molecule has 4 rings (SSSR count). The molecule has 2 aromatic carbocycles. The summed E-state index contributed by atoms with van der Waals surface area (Å²) in [5.74, 6) is -0.189. The van der Waals surface area contributed by atoms with Gasteiger partial charge in [-0.2, -0.15) is 0 Å². The van der Waals surface area contributed by atoms with Gasteiger partial charge in [-0.05, 0) is 56.2 Å². The van der Waals surface area contributed by atoms with Gasteiger partial charge in [0.05, 0.1) is 23.1 Å². The quantitative estimate of drug-likeness (QED) is 0.424. The second kappa shape index (κ2) is 8.53. The van der Waals surface area contributed by atoms with Crippen LogP contribution in [0, 0.1) is 0 Å². The van der Waals surface area contributed by atoms with E-state index >= 15 is 0 Å². The summed E-state index contributed by atoms with van der Waals surface area (Å²) in [5, 5.41) is 0.984. The van der Waals surface area contributed by atoms with Crippen molar-refractivity contribution in [2.75, 3.05) is 13.2 Å². The third-order valence-corrected chi connectivity index (χ3v) is 5.82. The summed E-state index contributed by atoms with van der Waals surface area (Å²) in [4.78, 5) is 28.4. The Morgan fingerprint density at radius 3 is 2.73 bits per heavy atom. The average molecular weight is 491 g/mol. The molecule has 0 saturated carbocycles. The topological polar surface area (TPSA) is 59.8 Å². The minimum Gasteiger partial charge on any atom is -0.450 e. The molecule has 1 atom stereocenters. The van der Waals surface area contributed by atoms with Crippen molar-refractivity contribution in [1.29, 1.82) is 0 Å². The SMILES string of the molecule is CC(C)OCCCN1C(=O)c2oc3ccc(Br)cc3c(=O)c2[C@@H]1c1cccc(Cl)c1. The third kappa shape index (κ3) is 3.92. The van der Waals surface area contributed by atoms with Crippen molar-refractivity contribution in [3.8, 4) is 0 Å². The van der Waals surface area contributed by atoms with Crippen molar-refractivity contribution in [2.24, 2.45) is 0 Å². The zero-order valence-corrected chi connectivity index (χ0v) is 19.0. The maximum atomic E-state index is 13.4. The van der Waals surface area contributed by atoms with Crippen molar-refractivity contribution in [3.63, 3.8) is 0 Å². The van der Waals surface area contributed by atoms with Gasteiger partial charge in [-0.15, -0.1) is 0 Å². The maximum absolute atomic E-state index is 13.4. The van der Waals surface area contributed by atoms with Crippen LogP contribution in [-0.2, 0) is 4.74 Å². The van der Waals surface area contributed by atoms with Gasteiger partial charge in [0.25, 0.3) is 5.91 Å². The molecule has 1 aromatic heterocycles. The fourth-order valence-electron chi connectivity index (χ4n) is 3.80. The van der Waals surface area contributed by atoms with Crippen molar-refractivity contribution >= 4 is 44.4 Å². The first-order valence-electron chi connectivity index (χ1n) is 9.81. The van der Waals surface area contributed by atoms with Gasteiger partial charge >= 0.3 is 0 Å². The van der Waals surface area contributed by atoms with Crippen LogP contribution in [0.4, 0.5) is 0 Å². The highest BCUT2D eigenvalue weighted by Crippen LogP contribution is 2.39. The number of fused-ring (bicyclic) bond motifs is 2. The van der Waals surface area contributed by atoms with Crippen LogP contribution in [0.2, 0.25) is 5.02 Å². The maximum Gasteiger partial charge on any atom is 0.290 e. The van der Waals surface area contributed by atoms with Crippen LogP contribution in [0.5, 0.6) is 0 Å². The summed E-state index contributed by atoms with van der Waals surface area (Å²) in [6.07, 6.45) is 0.765. The standard InChI is InChI=1S/C23H21BrClNO4/c1-13(2)29-10-4-9-26-20(14-5-3-6-16(25)11-14)19-21(27)17-12-15(24)7-8-18(17)30-22(19)23(26)28/h3,5-8,11-13,20H,4,9-10H2,1-2H3/t20-/m0/s1. The number of hydrogen-bond acceptors (Lipinski definition) is 4. The van der Waals surface area contributed by atoms with E-state index in [-0.39, 0.29) is 23.2 Å². The number of benzene rings is 2. The lowest BCUT2D eigenvalue weighted by Crippen LogP contribution is -2.31. The highest BCUT2D eigenvalue weighted by Gasteiger charge is 2.42. The Balaban J connectivity index is 1.83. The molecular formula is C23H21BrClNO4. The monoisotopic (exact) mass is 489 g/mol. The zero-order chi connectivity index (χ0) is 21.4. The Kier molecular flexibility index (Phi) is 6.00. The molecule has 1 aliphatic rings. The lowest BCUT2D eigenvalue weighted by atomic mass is 9.98. The molecule has 0 radical (unpaired) electrons. The van der Waals surface area contributed by atoms with Crippen LogP contribution in [0.15, 0.2) is 56.1 Å². The Bertz CT molecular complexity index is 1170. The lowest BCUT2D eigenvalue weighted by Gasteiger charge is -2.25. The fourth-order valence-corrected chi connectivity index (χ4v) is 4.36. The molecule has 7 heteroatoms. The van der Waals surface area contributed by atoms with Gasteiger partial charge in [-0.3, -0.25) is 9.59 Å². The molecule has 5 nitrogen and oxygen atoms in total. The number of rotatable bonds is 6. The van der Waals surface area contributed by atoms with Gasteiger partial charge in [0, 0.05) is 22.6 Å². The van der Waals surface area contributed by atoms with Gasteiger partial charge in [0.2, 0.25) is 5.76 Å². The molecule has 0 saturated heterocycles. The summed E-state index contributed by atoms with van der Waals surface area (Å²) >= 11 is 9.63. The molecule has 2 heterocycles. The highest BCUT2D eigenvalue weighted by atomic mass is 79.9. The predicted molar refractivity (Wildman–Crippen MR) is 120 cm³/mol. The number of amides is 1. The minimum absolute atomic E-state index is 0.101. The molecule has 0 unspecified atom stereocenters. The van der Waals surface area contributed by atoms with Crippen LogP contribution < -0.4 is 5.43 Å². The highest BCUT2D eigenvalue weighted by molar-refractivity contribution is 9.10. The van der Waals surface area contributed by atoms with E-state index in [1.807, 2.05) is 26.0 Å². The summed E-state index contributed by atoms with van der Waals surface area (Å²) in [6, 6.07) is 11.9. The number of nitrogens with zero attached hydrogens (tertiary/aromatic N) is 1. The van der Waals surface area contributed by atoms with Crippen molar-refractivity contribution in [2.45, 2.75) is 32.4 Å². The van der Waals surface area contributed by atoms with Gasteiger partial charge in [0.15, 0.2) is 5.43 Å². The van der Waals surface area contributed by atoms with Crippen molar-refractivity contribution in [3.05, 3.63) is 79.1 Å². The van der Waals surface area contributed by atoms with Crippen LogP contribution in [0.1, 0.15) is 48.0 Å². The van der Waals surface area contributed by atoms with Crippen LogP contribution >= 0.6 is 27.5 Å². The van der Waals surface area contributed by atoms with E-state index in [0.717, 1.165) is 10.0 Å². The zero-order valence-electron chi connectivity index (χ0n) is 16.7. The molecule has 30 heavy (non-hydrogen) atoms. The smallest absolute Gasteiger partial charge is 0.290 e. The van der Waals surface area contributed by atoms with E-state index in [0.29, 0.717) is 41.1 Å². The largest absolute Gasteiger partial charge is 0.450 e. The lowest BCUT2D eigenvalue weighted by molar-refractivity contribution is 0.0593. The summed E-state index contributed by atoms with van der Waals surface area (Å²) in [6.45, 7) is 4.90. The summed E-state index contributed by atoms with van der Waals surface area (Å²) in [7, 11) is 0. The van der Waals surface area contributed by atoms with E-state index in [4.69, 9.17) is 20.8 Å². The van der Waals surface area contributed by atoms with Crippen molar-refractivity contribution < 1.29 is 13.9 Å². The van der Waals surface area contributed by atoms with E-state index in [1.54, 1.807) is 35.2 Å². The third-order valence-electron chi connectivity index (χ3n) is 5.09. The van der Waals surface area contributed by atoms with Crippen LogP contribution in [0.3, 0.4) is 0 Å². The number of halogens is 2. The number of carbonyl (C=O) groups is 1. The van der Waals surface area contributed by atoms with Gasteiger partial charge in [-0.1, -0.05) is 39.7 Å². The van der Waals surface area contributed by atoms with E-state index < -0.39 is 6.04 Å². The molecule has 1 aliphatic heterocycles.